The highest BCUT2D eigenvalue weighted by Gasteiger charge is 2.27. The molecule has 1 N–H and O–H groups in total. The zero-order valence-electron chi connectivity index (χ0n) is 7.10. The molecule has 2 rings (SSSR count). The summed E-state index contributed by atoms with van der Waals surface area (Å²) in [6.07, 6.45) is 0. The molecule has 70 valence electrons. The summed E-state index contributed by atoms with van der Waals surface area (Å²) in [5, 5.41) is 0. The van der Waals surface area contributed by atoms with Crippen LogP contribution >= 0.6 is 0 Å². The van der Waals surface area contributed by atoms with E-state index in [4.69, 9.17) is 0 Å². The van der Waals surface area contributed by atoms with E-state index >= 15 is 0 Å². The lowest BCUT2D eigenvalue weighted by atomic mass is 10.0. The Morgan fingerprint density at radius 2 is 1.92 bits per heavy atom. The van der Waals surface area contributed by atoms with Crippen molar-refractivity contribution in [3.05, 3.63) is 35.9 Å². The van der Waals surface area contributed by atoms with E-state index in [-0.39, 0.29) is 11.7 Å². The number of hydrogen-bond donors (Lipinski definition) is 1. The maximum absolute atomic E-state index is 11.1. The molecule has 1 aliphatic rings. The summed E-state index contributed by atoms with van der Waals surface area (Å²) in [5.41, 5.74) is 1.09. The van der Waals surface area contributed by atoms with Gasteiger partial charge in [0.15, 0.2) is 0 Å². The average molecular weight is 197 g/mol. The van der Waals surface area contributed by atoms with Gasteiger partial charge in [0, 0.05) is 12.5 Å². The van der Waals surface area contributed by atoms with Crippen LogP contribution in [0, 0.1) is 0 Å². The van der Waals surface area contributed by atoms with Crippen molar-refractivity contribution in [3.8, 4) is 0 Å². The summed E-state index contributed by atoms with van der Waals surface area (Å²) in [6.45, 7) is 0.534. The molecular formula is C9H11NO2S. The first-order valence-electron chi connectivity index (χ1n) is 4.20. The van der Waals surface area contributed by atoms with Gasteiger partial charge in [-0.15, -0.1) is 0 Å². The van der Waals surface area contributed by atoms with Crippen LogP contribution in [0.3, 0.4) is 0 Å². The van der Waals surface area contributed by atoms with E-state index in [1.165, 1.54) is 0 Å². The van der Waals surface area contributed by atoms with Gasteiger partial charge in [0.05, 0.1) is 5.75 Å². The molecule has 0 amide bonds. The second-order valence-electron chi connectivity index (χ2n) is 3.24. The lowest BCUT2D eigenvalue weighted by Crippen LogP contribution is -2.15. The van der Waals surface area contributed by atoms with E-state index < -0.39 is 10.0 Å². The Kier molecular flexibility index (Phi) is 2.09. The Morgan fingerprint density at radius 3 is 2.46 bits per heavy atom. The first-order chi connectivity index (χ1) is 6.17. The Hall–Kier alpha value is -0.870. The molecule has 0 spiro atoms. The molecule has 1 heterocycles. The lowest BCUT2D eigenvalue weighted by molar-refractivity contribution is 0.594. The monoisotopic (exact) mass is 197 g/mol. The number of benzene rings is 1. The topological polar surface area (TPSA) is 46.2 Å². The van der Waals surface area contributed by atoms with Gasteiger partial charge in [-0.1, -0.05) is 30.3 Å². The summed E-state index contributed by atoms with van der Waals surface area (Å²) in [7, 11) is -2.99. The van der Waals surface area contributed by atoms with Gasteiger partial charge in [-0.05, 0) is 5.56 Å². The largest absolute Gasteiger partial charge is 0.215 e. The Balaban J connectivity index is 2.22. The molecule has 0 aromatic heterocycles. The number of hydrogen-bond acceptors (Lipinski definition) is 2. The second-order valence-corrected chi connectivity index (χ2v) is 5.09. The van der Waals surface area contributed by atoms with Gasteiger partial charge >= 0.3 is 0 Å². The summed E-state index contributed by atoms with van der Waals surface area (Å²) >= 11 is 0. The van der Waals surface area contributed by atoms with Crippen molar-refractivity contribution < 1.29 is 8.42 Å². The highest BCUT2D eigenvalue weighted by atomic mass is 32.2. The van der Waals surface area contributed by atoms with Gasteiger partial charge in [0.25, 0.3) is 0 Å². The third kappa shape index (κ3) is 1.89. The molecule has 0 bridgehead atoms. The molecule has 0 radical (unpaired) electrons. The molecular weight excluding hydrogens is 186 g/mol. The van der Waals surface area contributed by atoms with E-state index in [9.17, 15) is 8.42 Å². The van der Waals surface area contributed by atoms with Crippen LogP contribution < -0.4 is 4.72 Å². The second kappa shape index (κ2) is 3.12. The summed E-state index contributed by atoms with van der Waals surface area (Å²) < 4.78 is 24.7. The molecule has 1 saturated heterocycles. The maximum Gasteiger partial charge on any atom is 0.212 e. The summed E-state index contributed by atoms with van der Waals surface area (Å²) in [4.78, 5) is 0. The molecule has 13 heavy (non-hydrogen) atoms. The van der Waals surface area contributed by atoms with Crippen molar-refractivity contribution in [1.82, 2.24) is 4.72 Å². The molecule has 1 unspecified atom stereocenters. The average Bonchev–Trinajstić information content (AvgIpc) is 2.48. The van der Waals surface area contributed by atoms with Gasteiger partial charge in [-0.2, -0.15) is 0 Å². The van der Waals surface area contributed by atoms with E-state index in [1.807, 2.05) is 30.3 Å². The fourth-order valence-electron chi connectivity index (χ4n) is 1.55. The zero-order valence-corrected chi connectivity index (χ0v) is 7.92. The third-order valence-corrected chi connectivity index (χ3v) is 3.69. The van der Waals surface area contributed by atoms with E-state index in [0.29, 0.717) is 6.54 Å². The smallest absolute Gasteiger partial charge is 0.212 e. The van der Waals surface area contributed by atoms with Crippen LogP contribution in [0.25, 0.3) is 0 Å². The molecule has 4 heteroatoms. The van der Waals surface area contributed by atoms with Crippen LogP contribution in [-0.2, 0) is 10.0 Å². The minimum Gasteiger partial charge on any atom is -0.215 e. The highest BCUT2D eigenvalue weighted by molar-refractivity contribution is 7.89. The molecule has 1 atom stereocenters. The number of rotatable bonds is 1. The minimum absolute atomic E-state index is 0.117. The first-order valence-corrected chi connectivity index (χ1v) is 5.85. The van der Waals surface area contributed by atoms with E-state index in [1.54, 1.807) is 0 Å². The van der Waals surface area contributed by atoms with Crippen molar-refractivity contribution in [1.29, 1.82) is 0 Å². The lowest BCUT2D eigenvalue weighted by Gasteiger charge is -2.05. The zero-order chi connectivity index (χ0) is 9.31. The molecule has 1 aromatic rings. The van der Waals surface area contributed by atoms with Crippen LogP contribution in [0.15, 0.2) is 30.3 Å². The Morgan fingerprint density at radius 1 is 1.23 bits per heavy atom. The van der Waals surface area contributed by atoms with E-state index in [2.05, 4.69) is 4.72 Å². The van der Waals surface area contributed by atoms with Gasteiger partial charge < -0.3 is 0 Å². The number of sulfonamides is 1. The predicted molar refractivity (Wildman–Crippen MR) is 51.0 cm³/mol. The molecule has 1 fully saturated rings. The van der Waals surface area contributed by atoms with Crippen molar-refractivity contribution in [2.24, 2.45) is 0 Å². The van der Waals surface area contributed by atoms with Crippen LogP contribution in [-0.4, -0.2) is 20.7 Å². The maximum atomic E-state index is 11.1. The standard InChI is InChI=1S/C9H11NO2S/c11-13(12)7-9(6-10-13)8-4-2-1-3-5-8/h1-5,9-10H,6-7H2. The molecule has 0 saturated carbocycles. The summed E-state index contributed by atoms with van der Waals surface area (Å²) in [6, 6.07) is 9.72. The highest BCUT2D eigenvalue weighted by Crippen LogP contribution is 2.20. The van der Waals surface area contributed by atoms with Crippen LogP contribution in [0.5, 0.6) is 0 Å². The normalized spacial score (nSPS) is 26.0. The first kappa shape index (κ1) is 8.72. The molecule has 3 nitrogen and oxygen atoms in total. The van der Waals surface area contributed by atoms with Gasteiger partial charge in [0.2, 0.25) is 10.0 Å². The quantitative estimate of drug-likeness (QED) is 0.720. The van der Waals surface area contributed by atoms with Crippen LogP contribution in [0.1, 0.15) is 11.5 Å². The van der Waals surface area contributed by atoms with Gasteiger partial charge in [-0.25, -0.2) is 13.1 Å². The van der Waals surface area contributed by atoms with Crippen molar-refractivity contribution in [2.75, 3.05) is 12.3 Å². The SMILES string of the molecule is O=S1(=O)CC(c2ccccc2)CN1. The molecule has 1 aromatic carbocycles. The van der Waals surface area contributed by atoms with Crippen LogP contribution in [0.4, 0.5) is 0 Å². The predicted octanol–water partition coefficient (Wildman–Crippen LogP) is 0.703. The summed E-state index contributed by atoms with van der Waals surface area (Å²) in [5.74, 6) is 0.336. The molecule has 1 aliphatic heterocycles. The van der Waals surface area contributed by atoms with Gasteiger partial charge in [0.1, 0.15) is 0 Å². The van der Waals surface area contributed by atoms with Gasteiger partial charge in [-0.3, -0.25) is 0 Å². The fraction of sp³-hybridized carbons (Fsp3) is 0.333. The third-order valence-electron chi connectivity index (χ3n) is 2.24. The van der Waals surface area contributed by atoms with Crippen LogP contribution in [0.2, 0.25) is 0 Å². The fourth-order valence-corrected chi connectivity index (χ4v) is 2.96. The Bertz CT molecular complexity index is 385. The van der Waals surface area contributed by atoms with Crippen molar-refractivity contribution >= 4 is 10.0 Å². The van der Waals surface area contributed by atoms with E-state index in [0.717, 1.165) is 5.56 Å². The van der Waals surface area contributed by atoms with Crippen molar-refractivity contribution in [2.45, 2.75) is 5.92 Å². The molecule has 0 aliphatic carbocycles. The number of nitrogens with one attached hydrogen (secondary N) is 1. The van der Waals surface area contributed by atoms with Crippen molar-refractivity contribution in [3.63, 3.8) is 0 Å². The Labute approximate surface area is 77.8 Å². The minimum atomic E-state index is -2.99.